The Labute approximate surface area is 234 Å². The molecule has 210 valence electrons. The van der Waals surface area contributed by atoms with E-state index >= 15 is 0 Å². The van der Waals surface area contributed by atoms with E-state index in [-0.39, 0.29) is 29.4 Å². The zero-order valence-electron chi connectivity index (χ0n) is 22.3. The van der Waals surface area contributed by atoms with Crippen molar-refractivity contribution in [1.82, 2.24) is 19.4 Å². The first-order chi connectivity index (χ1) is 19.9. The number of benzene rings is 1. The summed E-state index contributed by atoms with van der Waals surface area (Å²) in [5.41, 5.74) is 2.69. The van der Waals surface area contributed by atoms with E-state index in [2.05, 4.69) is 4.90 Å². The molecule has 1 N–H and O–H groups in total. The number of hydrogen-bond acceptors (Lipinski definition) is 8. The van der Waals surface area contributed by atoms with Gasteiger partial charge in [-0.1, -0.05) is 12.1 Å². The normalized spacial score (nSPS) is 23.5. The Morgan fingerprint density at radius 1 is 1.27 bits per heavy atom. The number of imidazole rings is 1. The summed E-state index contributed by atoms with van der Waals surface area (Å²) in [6.45, 7) is 3.76. The van der Waals surface area contributed by atoms with E-state index in [0.29, 0.717) is 41.7 Å². The highest BCUT2D eigenvalue weighted by atomic mass is 19.1. The van der Waals surface area contributed by atoms with Crippen molar-refractivity contribution < 1.29 is 28.2 Å². The number of pyridine rings is 1. The Morgan fingerprint density at radius 3 is 2.88 bits per heavy atom. The molecule has 0 bridgehead atoms. The molecule has 2 aliphatic heterocycles. The molecule has 41 heavy (non-hydrogen) atoms. The molecule has 3 atom stereocenters. The number of halogens is 1. The maximum absolute atomic E-state index is 14.3. The highest BCUT2D eigenvalue weighted by Crippen LogP contribution is 2.59. The van der Waals surface area contributed by atoms with Crippen molar-refractivity contribution in [3.8, 4) is 11.9 Å². The lowest BCUT2D eigenvalue weighted by atomic mass is 9.91. The van der Waals surface area contributed by atoms with E-state index in [9.17, 15) is 14.3 Å². The number of carbonyl (C=O) groups is 1. The molecule has 0 spiro atoms. The van der Waals surface area contributed by atoms with Crippen molar-refractivity contribution >= 4 is 17.2 Å². The van der Waals surface area contributed by atoms with Crippen LogP contribution in [0.5, 0.6) is 5.88 Å². The number of fused-ring (bicyclic) bond motifs is 2. The Morgan fingerprint density at radius 2 is 2.15 bits per heavy atom. The number of hydrogen-bond donors (Lipinski definition) is 1. The van der Waals surface area contributed by atoms with E-state index in [0.717, 1.165) is 50.5 Å². The number of aromatic nitrogens is 3. The Kier molecular flexibility index (Phi) is 6.25. The summed E-state index contributed by atoms with van der Waals surface area (Å²) in [5.74, 6) is 0.0694. The second kappa shape index (κ2) is 9.98. The Bertz CT molecular complexity index is 1690. The van der Waals surface area contributed by atoms with Crippen molar-refractivity contribution in [1.29, 1.82) is 5.26 Å². The molecule has 1 saturated carbocycles. The second-order valence-corrected chi connectivity index (χ2v) is 11.1. The van der Waals surface area contributed by atoms with Crippen LogP contribution in [-0.2, 0) is 29.8 Å². The molecule has 0 radical (unpaired) electrons. The number of aromatic carboxylic acids is 1. The Balaban J connectivity index is 1.03. The number of carboxylic acids is 1. The molecule has 11 heteroatoms. The molecule has 3 aliphatic rings. The minimum atomic E-state index is -1.11. The van der Waals surface area contributed by atoms with E-state index in [4.69, 9.17) is 29.1 Å². The predicted octanol–water partition coefficient (Wildman–Crippen LogP) is 4.26. The summed E-state index contributed by atoms with van der Waals surface area (Å²) in [6, 6.07) is 13.5. The van der Waals surface area contributed by atoms with Crippen LogP contribution in [0.25, 0.3) is 11.2 Å². The number of nitriles is 1. The number of nitrogens with zero attached hydrogens (tertiary/aromatic N) is 5. The van der Waals surface area contributed by atoms with E-state index in [1.54, 1.807) is 18.2 Å². The van der Waals surface area contributed by atoms with Crippen LogP contribution in [0, 0.1) is 23.1 Å². The molecule has 2 saturated heterocycles. The highest BCUT2D eigenvalue weighted by Gasteiger charge is 2.58. The van der Waals surface area contributed by atoms with Gasteiger partial charge in [-0.25, -0.2) is 19.2 Å². The van der Waals surface area contributed by atoms with Gasteiger partial charge in [0.05, 0.1) is 36.5 Å². The van der Waals surface area contributed by atoms with Crippen LogP contribution in [0.1, 0.15) is 52.5 Å². The van der Waals surface area contributed by atoms with Crippen LogP contribution in [-0.4, -0.2) is 56.3 Å². The molecule has 0 amide bonds. The largest absolute Gasteiger partial charge is 0.475 e. The Hall–Kier alpha value is -4.27. The SMILES string of the molecule is N#Cc1ccc(COc2cccc([C@]34CCN(Cc5nc6cc(C(=O)O)oc6n5C[C@@H]5CCO5)C[C@H]3C4)n2)c(F)c1. The van der Waals surface area contributed by atoms with E-state index in [1.807, 2.05) is 22.8 Å². The quantitative estimate of drug-likeness (QED) is 0.321. The van der Waals surface area contributed by atoms with Crippen molar-refractivity contribution in [2.75, 3.05) is 19.7 Å². The van der Waals surface area contributed by atoms with Gasteiger partial charge in [-0.15, -0.1) is 0 Å². The number of likely N-dealkylation sites (tertiary alicyclic amines) is 1. The molecule has 3 aromatic heterocycles. The molecule has 10 nitrogen and oxygen atoms in total. The van der Waals surface area contributed by atoms with Crippen molar-refractivity contribution in [2.45, 2.75) is 50.5 Å². The molecular weight excluding hydrogens is 529 g/mol. The maximum Gasteiger partial charge on any atom is 0.371 e. The summed E-state index contributed by atoms with van der Waals surface area (Å²) >= 11 is 0. The first-order valence-electron chi connectivity index (χ1n) is 13.8. The summed E-state index contributed by atoms with van der Waals surface area (Å²) in [6.07, 6.45) is 3.03. The van der Waals surface area contributed by atoms with Crippen LogP contribution in [0.4, 0.5) is 4.39 Å². The summed E-state index contributed by atoms with van der Waals surface area (Å²) in [5, 5.41) is 18.3. The van der Waals surface area contributed by atoms with Gasteiger partial charge in [0.1, 0.15) is 23.8 Å². The minimum Gasteiger partial charge on any atom is -0.475 e. The zero-order valence-corrected chi connectivity index (χ0v) is 22.3. The van der Waals surface area contributed by atoms with Gasteiger partial charge >= 0.3 is 5.97 Å². The lowest BCUT2D eigenvalue weighted by Gasteiger charge is -2.32. The lowest BCUT2D eigenvalue weighted by molar-refractivity contribution is -0.0595. The first-order valence-corrected chi connectivity index (χ1v) is 13.8. The molecule has 7 rings (SSSR count). The van der Waals surface area contributed by atoms with Gasteiger partial charge in [-0.2, -0.15) is 5.26 Å². The predicted molar refractivity (Wildman–Crippen MR) is 143 cm³/mol. The van der Waals surface area contributed by atoms with Gasteiger partial charge in [0.15, 0.2) is 0 Å². The zero-order chi connectivity index (χ0) is 28.1. The molecule has 3 fully saturated rings. The molecule has 5 heterocycles. The van der Waals surface area contributed by atoms with Crippen LogP contribution < -0.4 is 4.74 Å². The third-order valence-electron chi connectivity index (χ3n) is 8.63. The summed E-state index contributed by atoms with van der Waals surface area (Å²) in [7, 11) is 0. The first kappa shape index (κ1) is 25.7. The topological polar surface area (TPSA) is 127 Å². The standard InChI is InChI=1S/C30H28FN5O5/c31-22-10-18(13-32)4-5-19(22)17-40-27-3-1-2-25(34-27)30-7-8-35(14-20(30)12-30)16-26-33-23-11-24(29(37)38)41-28(23)36(26)15-21-6-9-39-21/h1-5,10-11,20-21H,6-9,12,14-17H2,(H,37,38)/t20-,21+,30+/m1/s1. The van der Waals surface area contributed by atoms with Crippen LogP contribution in [0.2, 0.25) is 0 Å². The smallest absolute Gasteiger partial charge is 0.371 e. The van der Waals surface area contributed by atoms with Crippen LogP contribution in [0.15, 0.2) is 46.9 Å². The third kappa shape index (κ3) is 4.73. The molecule has 0 unspecified atom stereocenters. The summed E-state index contributed by atoms with van der Waals surface area (Å²) in [4.78, 5) is 23.3. The van der Waals surface area contributed by atoms with Gasteiger partial charge in [0.2, 0.25) is 17.4 Å². The summed E-state index contributed by atoms with van der Waals surface area (Å²) < 4.78 is 33.4. The fourth-order valence-corrected chi connectivity index (χ4v) is 6.14. The fourth-order valence-electron chi connectivity index (χ4n) is 6.14. The van der Waals surface area contributed by atoms with Gasteiger partial charge in [-0.05, 0) is 49.9 Å². The van der Waals surface area contributed by atoms with E-state index < -0.39 is 11.8 Å². The second-order valence-electron chi connectivity index (χ2n) is 11.1. The number of piperidine rings is 1. The average molecular weight is 558 g/mol. The van der Waals surface area contributed by atoms with Gasteiger partial charge in [0.25, 0.3) is 0 Å². The number of carboxylic acid groups (broad SMARTS) is 1. The monoisotopic (exact) mass is 557 g/mol. The average Bonchev–Trinajstić information content (AvgIpc) is 3.40. The van der Waals surface area contributed by atoms with Crippen molar-refractivity contribution in [3.05, 3.63) is 76.7 Å². The number of furan rings is 1. The van der Waals surface area contributed by atoms with Gasteiger partial charge in [-0.3, -0.25) is 9.47 Å². The molecule has 1 aromatic carbocycles. The molecule has 1 aliphatic carbocycles. The number of rotatable bonds is 9. The maximum atomic E-state index is 14.3. The lowest BCUT2D eigenvalue weighted by Crippen LogP contribution is -2.37. The number of ether oxygens (including phenoxy) is 2. The van der Waals surface area contributed by atoms with E-state index in [1.165, 1.54) is 12.1 Å². The fraction of sp³-hybridized carbons (Fsp3) is 0.400. The molecule has 4 aromatic rings. The third-order valence-corrected chi connectivity index (χ3v) is 8.63. The highest BCUT2D eigenvalue weighted by molar-refractivity contribution is 5.89. The van der Waals surface area contributed by atoms with Crippen molar-refractivity contribution in [2.24, 2.45) is 5.92 Å². The van der Waals surface area contributed by atoms with Crippen molar-refractivity contribution in [3.63, 3.8) is 0 Å². The van der Waals surface area contributed by atoms with Gasteiger partial charge < -0.3 is 19.0 Å². The van der Waals surface area contributed by atoms with Crippen LogP contribution in [0.3, 0.4) is 0 Å². The minimum absolute atomic E-state index is 0.00868. The van der Waals surface area contributed by atoms with Crippen LogP contribution >= 0.6 is 0 Å². The van der Waals surface area contributed by atoms with Gasteiger partial charge in [0, 0.05) is 36.3 Å². The molecular formula is C30H28FN5O5.